The Balaban J connectivity index is 2.46. The van der Waals surface area contributed by atoms with Crippen molar-refractivity contribution in [2.45, 2.75) is 6.42 Å². The predicted molar refractivity (Wildman–Crippen MR) is 64.1 cm³/mol. The van der Waals surface area contributed by atoms with Crippen LogP contribution >= 0.6 is 27.5 Å². The van der Waals surface area contributed by atoms with Crippen LogP contribution in [0.1, 0.15) is 6.42 Å². The zero-order chi connectivity index (χ0) is 10.4. The highest BCUT2D eigenvalue weighted by Crippen LogP contribution is 2.29. The molecule has 0 aliphatic heterocycles. The Morgan fingerprint density at radius 3 is 3.00 bits per heavy atom. The van der Waals surface area contributed by atoms with Crippen LogP contribution in [0.2, 0.25) is 5.02 Å². The zero-order valence-corrected chi connectivity index (χ0v) is 10.4. The van der Waals surface area contributed by atoms with Gasteiger partial charge in [-0.05, 0) is 34.5 Å². The molecule has 14 heavy (non-hydrogen) atoms. The summed E-state index contributed by atoms with van der Waals surface area (Å²) in [7, 11) is 1.70. The van der Waals surface area contributed by atoms with E-state index < -0.39 is 0 Å². The normalized spacial score (nSPS) is 10.2. The molecule has 0 amide bonds. The molecule has 78 valence electrons. The molecule has 0 spiro atoms. The number of rotatable bonds is 5. The fourth-order valence-electron chi connectivity index (χ4n) is 1.08. The molecule has 2 nitrogen and oxygen atoms in total. The molecule has 0 saturated heterocycles. The lowest BCUT2D eigenvalue weighted by molar-refractivity contribution is 0.198. The first-order valence-electron chi connectivity index (χ1n) is 4.42. The highest BCUT2D eigenvalue weighted by Gasteiger charge is 2.01. The van der Waals surface area contributed by atoms with Gasteiger partial charge in [0.15, 0.2) is 0 Å². The standard InChI is InChI=1S/C10H13BrClNO/c1-14-7-3-6-13-9-5-2-4-8(12)10(9)11/h2,4-5,13H,3,6-7H2,1H3. The van der Waals surface area contributed by atoms with E-state index in [9.17, 15) is 0 Å². The summed E-state index contributed by atoms with van der Waals surface area (Å²) in [5, 5.41) is 4.00. The van der Waals surface area contributed by atoms with Gasteiger partial charge in [0.2, 0.25) is 0 Å². The van der Waals surface area contributed by atoms with E-state index in [0.29, 0.717) is 0 Å². The number of methoxy groups -OCH3 is 1. The van der Waals surface area contributed by atoms with Crippen LogP contribution in [-0.4, -0.2) is 20.3 Å². The largest absolute Gasteiger partial charge is 0.385 e. The molecule has 1 N–H and O–H groups in total. The molecule has 0 atom stereocenters. The van der Waals surface area contributed by atoms with Crippen LogP contribution in [0.5, 0.6) is 0 Å². The van der Waals surface area contributed by atoms with Crippen molar-refractivity contribution in [1.29, 1.82) is 0 Å². The highest BCUT2D eigenvalue weighted by molar-refractivity contribution is 9.10. The molecular weight excluding hydrogens is 265 g/mol. The van der Waals surface area contributed by atoms with Crippen LogP contribution in [0.25, 0.3) is 0 Å². The van der Waals surface area contributed by atoms with Crippen molar-refractivity contribution >= 4 is 33.2 Å². The topological polar surface area (TPSA) is 21.3 Å². The molecule has 0 radical (unpaired) electrons. The second kappa shape index (κ2) is 6.27. The van der Waals surface area contributed by atoms with E-state index in [1.165, 1.54) is 0 Å². The van der Waals surface area contributed by atoms with Crippen LogP contribution < -0.4 is 5.32 Å². The molecule has 0 aliphatic rings. The Kier molecular flexibility index (Phi) is 5.30. The molecule has 0 aliphatic carbocycles. The van der Waals surface area contributed by atoms with E-state index in [1.807, 2.05) is 18.2 Å². The van der Waals surface area contributed by atoms with Crippen LogP contribution in [0.4, 0.5) is 5.69 Å². The van der Waals surface area contributed by atoms with Gasteiger partial charge in [-0.15, -0.1) is 0 Å². The Labute approximate surface area is 97.7 Å². The van der Waals surface area contributed by atoms with Crippen molar-refractivity contribution in [1.82, 2.24) is 0 Å². The molecule has 0 aromatic heterocycles. The highest BCUT2D eigenvalue weighted by atomic mass is 79.9. The van der Waals surface area contributed by atoms with E-state index in [2.05, 4.69) is 21.2 Å². The fraction of sp³-hybridized carbons (Fsp3) is 0.400. The minimum Gasteiger partial charge on any atom is -0.385 e. The molecular formula is C10H13BrClNO. The van der Waals surface area contributed by atoms with Crippen molar-refractivity contribution in [3.05, 3.63) is 27.7 Å². The van der Waals surface area contributed by atoms with E-state index in [0.717, 1.165) is 34.8 Å². The number of anilines is 1. The van der Waals surface area contributed by atoms with Gasteiger partial charge in [0.25, 0.3) is 0 Å². The van der Waals surface area contributed by atoms with E-state index in [-0.39, 0.29) is 0 Å². The summed E-state index contributed by atoms with van der Waals surface area (Å²) in [6.45, 7) is 1.65. The molecule has 0 fully saturated rings. The number of ether oxygens (including phenoxy) is 1. The average molecular weight is 279 g/mol. The molecule has 0 heterocycles. The number of nitrogens with one attached hydrogen (secondary N) is 1. The van der Waals surface area contributed by atoms with Gasteiger partial charge >= 0.3 is 0 Å². The van der Waals surface area contributed by atoms with Crippen molar-refractivity contribution in [3.63, 3.8) is 0 Å². The molecule has 0 saturated carbocycles. The molecule has 1 rings (SSSR count). The zero-order valence-electron chi connectivity index (χ0n) is 8.02. The number of benzene rings is 1. The van der Waals surface area contributed by atoms with Gasteiger partial charge in [-0.1, -0.05) is 17.7 Å². The molecule has 0 unspecified atom stereocenters. The van der Waals surface area contributed by atoms with Gasteiger partial charge in [-0.2, -0.15) is 0 Å². The fourth-order valence-corrected chi connectivity index (χ4v) is 1.66. The number of halogens is 2. The summed E-state index contributed by atoms with van der Waals surface area (Å²) >= 11 is 9.37. The summed E-state index contributed by atoms with van der Waals surface area (Å²) in [5.41, 5.74) is 1.02. The number of hydrogen-bond acceptors (Lipinski definition) is 2. The average Bonchev–Trinajstić information content (AvgIpc) is 2.19. The summed E-state index contributed by atoms with van der Waals surface area (Å²) in [5.74, 6) is 0. The molecule has 0 bridgehead atoms. The number of hydrogen-bond donors (Lipinski definition) is 1. The Morgan fingerprint density at radius 1 is 1.50 bits per heavy atom. The summed E-state index contributed by atoms with van der Waals surface area (Å²) in [6.07, 6.45) is 0.982. The van der Waals surface area contributed by atoms with E-state index in [1.54, 1.807) is 7.11 Å². The van der Waals surface area contributed by atoms with E-state index >= 15 is 0 Å². The van der Waals surface area contributed by atoms with Crippen molar-refractivity contribution in [2.75, 3.05) is 25.6 Å². The Hall–Kier alpha value is -0.250. The third kappa shape index (κ3) is 3.48. The lowest BCUT2D eigenvalue weighted by atomic mass is 10.3. The van der Waals surface area contributed by atoms with Gasteiger partial charge < -0.3 is 10.1 Å². The maximum absolute atomic E-state index is 5.94. The van der Waals surface area contributed by atoms with Crippen LogP contribution in [0.15, 0.2) is 22.7 Å². The third-order valence-corrected chi connectivity index (χ3v) is 3.19. The Morgan fingerprint density at radius 2 is 2.29 bits per heavy atom. The molecule has 1 aromatic carbocycles. The van der Waals surface area contributed by atoms with Crippen molar-refractivity contribution < 1.29 is 4.74 Å². The maximum Gasteiger partial charge on any atom is 0.0593 e. The Bertz CT molecular complexity index is 293. The van der Waals surface area contributed by atoms with E-state index in [4.69, 9.17) is 16.3 Å². The van der Waals surface area contributed by atoms with Crippen LogP contribution in [0, 0.1) is 0 Å². The van der Waals surface area contributed by atoms with Crippen LogP contribution in [-0.2, 0) is 4.74 Å². The first kappa shape index (κ1) is 11.8. The minimum atomic E-state index is 0.724. The van der Waals surface area contributed by atoms with Crippen molar-refractivity contribution in [2.24, 2.45) is 0 Å². The van der Waals surface area contributed by atoms with Crippen LogP contribution in [0.3, 0.4) is 0 Å². The lowest BCUT2D eigenvalue weighted by Gasteiger charge is -2.08. The summed E-state index contributed by atoms with van der Waals surface area (Å²) in [4.78, 5) is 0. The molecule has 4 heteroatoms. The minimum absolute atomic E-state index is 0.724. The third-order valence-electron chi connectivity index (χ3n) is 1.79. The monoisotopic (exact) mass is 277 g/mol. The second-order valence-electron chi connectivity index (χ2n) is 2.87. The lowest BCUT2D eigenvalue weighted by Crippen LogP contribution is -2.04. The summed E-state index contributed by atoms with van der Waals surface area (Å²) < 4.78 is 5.87. The van der Waals surface area contributed by atoms with Gasteiger partial charge in [-0.25, -0.2) is 0 Å². The second-order valence-corrected chi connectivity index (χ2v) is 4.07. The van der Waals surface area contributed by atoms with Gasteiger partial charge in [-0.3, -0.25) is 0 Å². The maximum atomic E-state index is 5.94. The van der Waals surface area contributed by atoms with Crippen molar-refractivity contribution in [3.8, 4) is 0 Å². The first-order chi connectivity index (χ1) is 6.75. The van der Waals surface area contributed by atoms with Gasteiger partial charge in [0.05, 0.1) is 9.50 Å². The first-order valence-corrected chi connectivity index (χ1v) is 5.59. The van der Waals surface area contributed by atoms with Gasteiger partial charge in [0, 0.05) is 25.9 Å². The molecule has 1 aromatic rings. The summed E-state index contributed by atoms with van der Waals surface area (Å²) in [6, 6.07) is 5.76. The smallest absolute Gasteiger partial charge is 0.0593 e. The van der Waals surface area contributed by atoms with Gasteiger partial charge in [0.1, 0.15) is 0 Å². The predicted octanol–water partition coefficient (Wildman–Crippen LogP) is 3.55. The SMILES string of the molecule is COCCCNc1cccc(Cl)c1Br. The quantitative estimate of drug-likeness (QED) is 0.832.